The van der Waals surface area contributed by atoms with Gasteiger partial charge in [-0.05, 0) is 30.9 Å². The molecule has 2 rings (SSSR count). The highest BCUT2D eigenvalue weighted by Crippen LogP contribution is 2.21. The number of nitrogens with zero attached hydrogens (tertiary/aromatic N) is 2. The zero-order valence-electron chi connectivity index (χ0n) is 11.7. The number of halogens is 1. The summed E-state index contributed by atoms with van der Waals surface area (Å²) in [5.74, 6) is 0.0965. The van der Waals surface area contributed by atoms with E-state index in [1.165, 1.54) is 18.6 Å². The van der Waals surface area contributed by atoms with E-state index in [0.29, 0.717) is 11.0 Å². The summed E-state index contributed by atoms with van der Waals surface area (Å²) in [7, 11) is 0. The number of hydrogen-bond acceptors (Lipinski definition) is 4. The minimum absolute atomic E-state index is 0.0449. The van der Waals surface area contributed by atoms with Crippen molar-refractivity contribution in [1.82, 2.24) is 10.2 Å². The quantitative estimate of drug-likeness (QED) is 0.650. The molecule has 0 saturated carbocycles. The molecule has 0 atom stereocenters. The molecule has 6 nitrogen and oxygen atoms in total. The van der Waals surface area contributed by atoms with Crippen LogP contribution in [-0.4, -0.2) is 35.4 Å². The summed E-state index contributed by atoms with van der Waals surface area (Å²) in [6, 6.07) is 4.79. The lowest BCUT2D eigenvalue weighted by Gasteiger charge is -2.26. The monoisotopic (exact) mass is 355 g/mol. The van der Waals surface area contributed by atoms with E-state index in [1.807, 2.05) is 11.0 Å². The molecule has 1 heterocycles. The Kier molecular flexibility index (Phi) is 5.69. The number of benzene rings is 1. The highest BCUT2D eigenvalue weighted by molar-refractivity contribution is 9.10. The van der Waals surface area contributed by atoms with E-state index in [4.69, 9.17) is 0 Å². The summed E-state index contributed by atoms with van der Waals surface area (Å²) in [5.41, 5.74) is 0.825. The minimum Gasteiger partial charge on any atom is -0.342 e. The van der Waals surface area contributed by atoms with Gasteiger partial charge in [0.05, 0.1) is 11.5 Å². The maximum absolute atomic E-state index is 12.0. The van der Waals surface area contributed by atoms with E-state index in [1.54, 1.807) is 0 Å². The number of piperidine rings is 1. The summed E-state index contributed by atoms with van der Waals surface area (Å²) < 4.78 is 0.663. The molecular weight excluding hydrogens is 338 g/mol. The first kappa shape index (κ1) is 15.9. The van der Waals surface area contributed by atoms with Crippen molar-refractivity contribution in [1.29, 1.82) is 0 Å². The number of nitro benzene ring substituents is 1. The number of carbonyl (C=O) groups excluding carboxylic acids is 1. The van der Waals surface area contributed by atoms with E-state index in [-0.39, 0.29) is 18.1 Å². The lowest BCUT2D eigenvalue weighted by Crippen LogP contribution is -2.40. The molecule has 1 aromatic rings. The Morgan fingerprint density at radius 1 is 1.29 bits per heavy atom. The van der Waals surface area contributed by atoms with Gasteiger partial charge in [-0.15, -0.1) is 0 Å². The van der Waals surface area contributed by atoms with Gasteiger partial charge in [0, 0.05) is 36.2 Å². The summed E-state index contributed by atoms with van der Waals surface area (Å²) in [4.78, 5) is 24.2. The van der Waals surface area contributed by atoms with Crippen molar-refractivity contribution < 1.29 is 9.72 Å². The number of rotatable bonds is 5. The van der Waals surface area contributed by atoms with Crippen LogP contribution in [0.25, 0.3) is 0 Å². The van der Waals surface area contributed by atoms with E-state index in [2.05, 4.69) is 21.2 Å². The molecule has 0 aliphatic carbocycles. The molecule has 1 fully saturated rings. The Balaban J connectivity index is 1.85. The molecule has 1 N–H and O–H groups in total. The van der Waals surface area contributed by atoms with Gasteiger partial charge < -0.3 is 10.2 Å². The van der Waals surface area contributed by atoms with Crippen LogP contribution in [-0.2, 0) is 11.3 Å². The second-order valence-corrected chi connectivity index (χ2v) is 6.04. The van der Waals surface area contributed by atoms with Crippen LogP contribution in [0.5, 0.6) is 0 Å². The maximum Gasteiger partial charge on any atom is 0.270 e. The van der Waals surface area contributed by atoms with E-state index >= 15 is 0 Å². The van der Waals surface area contributed by atoms with Gasteiger partial charge in [-0.25, -0.2) is 0 Å². The first-order chi connectivity index (χ1) is 10.1. The van der Waals surface area contributed by atoms with Gasteiger partial charge in [0.25, 0.3) is 5.69 Å². The summed E-state index contributed by atoms with van der Waals surface area (Å²) in [6.45, 7) is 2.37. The number of amides is 1. The van der Waals surface area contributed by atoms with Crippen LogP contribution >= 0.6 is 15.9 Å². The van der Waals surface area contributed by atoms with Gasteiger partial charge in [-0.2, -0.15) is 0 Å². The smallest absolute Gasteiger partial charge is 0.270 e. The van der Waals surface area contributed by atoms with Gasteiger partial charge in [0.1, 0.15) is 0 Å². The molecule has 0 aromatic heterocycles. The Labute approximate surface area is 131 Å². The standard InChI is InChI=1S/C14H18BrN3O3/c15-12-6-11(7-13(8-12)18(20)21)9-16-10-14(19)17-4-2-1-3-5-17/h6-8,16H,1-5,9-10H2. The third kappa shape index (κ3) is 4.78. The van der Waals surface area contributed by atoms with Crippen molar-refractivity contribution in [3.8, 4) is 0 Å². The molecule has 1 aliphatic heterocycles. The highest BCUT2D eigenvalue weighted by atomic mass is 79.9. The Morgan fingerprint density at radius 3 is 2.67 bits per heavy atom. The lowest BCUT2D eigenvalue weighted by atomic mass is 10.1. The first-order valence-corrected chi connectivity index (χ1v) is 7.78. The number of nitrogens with one attached hydrogen (secondary N) is 1. The predicted molar refractivity (Wildman–Crippen MR) is 82.9 cm³/mol. The Morgan fingerprint density at radius 2 is 2.00 bits per heavy atom. The fourth-order valence-electron chi connectivity index (χ4n) is 2.41. The summed E-state index contributed by atoms with van der Waals surface area (Å²) in [5, 5.41) is 13.9. The van der Waals surface area contributed by atoms with E-state index in [9.17, 15) is 14.9 Å². The van der Waals surface area contributed by atoms with Gasteiger partial charge in [0.15, 0.2) is 0 Å². The van der Waals surface area contributed by atoms with Gasteiger partial charge in [0.2, 0.25) is 5.91 Å². The van der Waals surface area contributed by atoms with Crippen LogP contribution in [0.3, 0.4) is 0 Å². The highest BCUT2D eigenvalue weighted by Gasteiger charge is 2.16. The van der Waals surface area contributed by atoms with Crippen LogP contribution in [0.4, 0.5) is 5.69 Å². The van der Waals surface area contributed by atoms with Gasteiger partial charge >= 0.3 is 0 Å². The van der Waals surface area contributed by atoms with Crippen molar-refractivity contribution in [3.63, 3.8) is 0 Å². The molecule has 21 heavy (non-hydrogen) atoms. The zero-order chi connectivity index (χ0) is 15.2. The number of likely N-dealkylation sites (tertiary alicyclic amines) is 1. The van der Waals surface area contributed by atoms with Crippen LogP contribution in [0.1, 0.15) is 24.8 Å². The van der Waals surface area contributed by atoms with Crippen molar-refractivity contribution in [2.24, 2.45) is 0 Å². The second-order valence-electron chi connectivity index (χ2n) is 5.12. The molecule has 0 unspecified atom stereocenters. The predicted octanol–water partition coefficient (Wildman–Crippen LogP) is 2.46. The maximum atomic E-state index is 12.0. The van der Waals surface area contributed by atoms with E-state index in [0.717, 1.165) is 31.5 Å². The number of hydrogen-bond donors (Lipinski definition) is 1. The number of non-ortho nitro benzene ring substituents is 1. The SMILES string of the molecule is O=C(CNCc1cc(Br)cc([N+](=O)[O-])c1)N1CCCCC1. The van der Waals surface area contributed by atoms with Crippen molar-refractivity contribution in [3.05, 3.63) is 38.3 Å². The molecule has 1 aliphatic rings. The largest absolute Gasteiger partial charge is 0.342 e. The average Bonchev–Trinajstić information content (AvgIpc) is 2.47. The summed E-state index contributed by atoms with van der Waals surface area (Å²) in [6.07, 6.45) is 3.34. The van der Waals surface area contributed by atoms with Crippen LogP contribution in [0, 0.1) is 10.1 Å². The summed E-state index contributed by atoms with van der Waals surface area (Å²) >= 11 is 3.26. The molecule has 1 amide bonds. The van der Waals surface area contributed by atoms with Crippen LogP contribution < -0.4 is 5.32 Å². The van der Waals surface area contributed by atoms with Crippen LogP contribution in [0.15, 0.2) is 22.7 Å². The van der Waals surface area contributed by atoms with Gasteiger partial charge in [-0.1, -0.05) is 15.9 Å². The molecule has 0 spiro atoms. The lowest BCUT2D eigenvalue weighted by molar-refractivity contribution is -0.385. The van der Waals surface area contributed by atoms with E-state index < -0.39 is 4.92 Å². The first-order valence-electron chi connectivity index (χ1n) is 6.98. The third-order valence-electron chi connectivity index (χ3n) is 3.47. The number of nitro groups is 1. The zero-order valence-corrected chi connectivity index (χ0v) is 13.3. The van der Waals surface area contributed by atoms with Gasteiger partial charge in [-0.3, -0.25) is 14.9 Å². The molecular formula is C14H18BrN3O3. The fraction of sp³-hybridized carbons (Fsp3) is 0.500. The van der Waals surface area contributed by atoms with Crippen molar-refractivity contribution >= 4 is 27.5 Å². The number of carbonyl (C=O) groups is 1. The van der Waals surface area contributed by atoms with Crippen LogP contribution in [0.2, 0.25) is 0 Å². The minimum atomic E-state index is -0.423. The molecule has 1 saturated heterocycles. The molecule has 7 heteroatoms. The normalized spacial score (nSPS) is 15.0. The Hall–Kier alpha value is -1.47. The molecule has 1 aromatic carbocycles. The van der Waals surface area contributed by atoms with Crippen molar-refractivity contribution in [2.75, 3.05) is 19.6 Å². The topological polar surface area (TPSA) is 75.5 Å². The fourth-order valence-corrected chi connectivity index (χ4v) is 2.94. The second kappa shape index (κ2) is 7.51. The molecule has 0 radical (unpaired) electrons. The molecule has 114 valence electrons. The molecule has 0 bridgehead atoms. The Bertz CT molecular complexity index is 530. The third-order valence-corrected chi connectivity index (χ3v) is 3.93. The van der Waals surface area contributed by atoms with Crippen molar-refractivity contribution in [2.45, 2.75) is 25.8 Å². The average molecular weight is 356 g/mol.